The Morgan fingerprint density at radius 2 is 2.21 bits per heavy atom. The van der Waals surface area contributed by atoms with Crippen molar-refractivity contribution in [3.63, 3.8) is 0 Å². The molecule has 1 aromatic carbocycles. The van der Waals surface area contributed by atoms with E-state index < -0.39 is 0 Å². The fourth-order valence-electron chi connectivity index (χ4n) is 3.17. The van der Waals surface area contributed by atoms with E-state index in [1.807, 2.05) is 0 Å². The number of aryl methyl sites for hydroxylation is 1. The fraction of sp³-hybridized carbons (Fsp3) is 0.600. The molecule has 1 atom stereocenters. The molecule has 2 aliphatic rings. The monoisotopic (exact) mass is 262 g/mol. The average Bonchev–Trinajstić information content (AvgIpc) is 2.38. The summed E-state index contributed by atoms with van der Waals surface area (Å²) in [5, 5.41) is 11.3. The van der Waals surface area contributed by atoms with Crippen LogP contribution in [-0.2, 0) is 12.0 Å². The summed E-state index contributed by atoms with van der Waals surface area (Å²) in [4.78, 5) is 2.29. The topological polar surface area (TPSA) is 35.9 Å². The first kappa shape index (κ1) is 12.8. The van der Waals surface area contributed by atoms with Crippen molar-refractivity contribution in [2.24, 2.45) is 0 Å². The van der Waals surface area contributed by atoms with Gasteiger partial charge in [-0.15, -0.1) is 0 Å². The molecular weight excluding hydrogens is 240 g/mol. The van der Waals surface area contributed by atoms with Crippen LogP contribution in [0.3, 0.4) is 0 Å². The first-order chi connectivity index (χ1) is 9.02. The molecule has 0 saturated heterocycles. The van der Waals surface area contributed by atoms with Gasteiger partial charge in [-0.3, -0.25) is 0 Å². The molecule has 3 rings (SSSR count). The van der Waals surface area contributed by atoms with E-state index in [1.54, 1.807) is 7.05 Å². The SMILES string of the molecule is CN1CCCc2cc3c(cc21)OCCC3(C)N(C)O. The van der Waals surface area contributed by atoms with Crippen molar-refractivity contribution in [1.29, 1.82) is 0 Å². The summed E-state index contributed by atoms with van der Waals surface area (Å²) in [6, 6.07) is 4.37. The zero-order valence-electron chi connectivity index (χ0n) is 11.9. The van der Waals surface area contributed by atoms with E-state index in [0.29, 0.717) is 6.61 Å². The molecule has 1 unspecified atom stereocenters. The standard InChI is InChI=1S/C15H22N2O2/c1-15(17(3)18)6-8-19-14-10-13-11(9-12(14)15)5-4-7-16(13)2/h9-10,18H,4-8H2,1-3H3. The first-order valence-electron chi connectivity index (χ1n) is 6.96. The van der Waals surface area contributed by atoms with Crippen molar-refractivity contribution in [3.05, 3.63) is 23.3 Å². The van der Waals surface area contributed by atoms with Crippen LogP contribution in [0.25, 0.3) is 0 Å². The second-order valence-electron chi connectivity index (χ2n) is 5.90. The minimum Gasteiger partial charge on any atom is -0.493 e. The number of hydrogen-bond acceptors (Lipinski definition) is 4. The van der Waals surface area contributed by atoms with E-state index in [-0.39, 0.29) is 5.54 Å². The summed E-state index contributed by atoms with van der Waals surface area (Å²) in [5.74, 6) is 0.919. The molecule has 1 N–H and O–H groups in total. The Kier molecular flexibility index (Phi) is 2.95. The summed E-state index contributed by atoms with van der Waals surface area (Å²) in [6.45, 7) is 3.83. The van der Waals surface area contributed by atoms with Crippen molar-refractivity contribution in [2.45, 2.75) is 31.7 Å². The first-order valence-corrected chi connectivity index (χ1v) is 6.96. The average molecular weight is 262 g/mol. The van der Waals surface area contributed by atoms with Gasteiger partial charge in [0.05, 0.1) is 12.1 Å². The third-order valence-electron chi connectivity index (χ3n) is 4.67. The van der Waals surface area contributed by atoms with Gasteiger partial charge in [0, 0.05) is 44.4 Å². The van der Waals surface area contributed by atoms with E-state index in [1.165, 1.54) is 22.7 Å². The van der Waals surface area contributed by atoms with Crippen molar-refractivity contribution in [3.8, 4) is 5.75 Å². The maximum absolute atomic E-state index is 10.0. The molecule has 4 heteroatoms. The minimum atomic E-state index is -0.349. The van der Waals surface area contributed by atoms with Crippen LogP contribution in [0.15, 0.2) is 12.1 Å². The van der Waals surface area contributed by atoms with Crippen molar-refractivity contribution >= 4 is 5.69 Å². The number of anilines is 1. The van der Waals surface area contributed by atoms with Gasteiger partial charge in [0.1, 0.15) is 5.75 Å². The highest BCUT2D eigenvalue weighted by Gasteiger charge is 2.38. The highest BCUT2D eigenvalue weighted by Crippen LogP contribution is 2.44. The van der Waals surface area contributed by atoms with E-state index in [2.05, 4.69) is 31.0 Å². The van der Waals surface area contributed by atoms with Crippen LogP contribution in [-0.4, -0.2) is 37.5 Å². The molecular formula is C15H22N2O2. The summed E-state index contributed by atoms with van der Waals surface area (Å²) >= 11 is 0. The lowest BCUT2D eigenvalue weighted by atomic mass is 9.83. The molecule has 1 aromatic rings. The Morgan fingerprint density at radius 3 is 2.95 bits per heavy atom. The molecule has 0 aromatic heterocycles. The molecule has 0 bridgehead atoms. The van der Waals surface area contributed by atoms with E-state index in [4.69, 9.17) is 4.74 Å². The van der Waals surface area contributed by atoms with Crippen molar-refractivity contribution < 1.29 is 9.94 Å². The number of hydroxylamine groups is 2. The molecule has 0 amide bonds. The van der Waals surface area contributed by atoms with Crippen LogP contribution in [0.1, 0.15) is 30.9 Å². The van der Waals surface area contributed by atoms with E-state index >= 15 is 0 Å². The van der Waals surface area contributed by atoms with Crippen molar-refractivity contribution in [1.82, 2.24) is 5.06 Å². The number of hydrogen-bond donors (Lipinski definition) is 1. The van der Waals surface area contributed by atoms with Gasteiger partial charge in [-0.2, -0.15) is 5.06 Å². The lowest BCUT2D eigenvalue weighted by Gasteiger charge is -2.41. The molecule has 0 fully saturated rings. The van der Waals surface area contributed by atoms with Gasteiger partial charge in [-0.1, -0.05) is 0 Å². The summed E-state index contributed by atoms with van der Waals surface area (Å²) in [6.07, 6.45) is 3.11. The Bertz CT molecular complexity index is 501. The number of fused-ring (bicyclic) bond motifs is 2. The summed E-state index contributed by atoms with van der Waals surface area (Å²) < 4.78 is 5.82. The van der Waals surface area contributed by atoms with Crippen molar-refractivity contribution in [2.75, 3.05) is 32.1 Å². The Balaban J connectivity index is 2.13. The molecule has 104 valence electrons. The quantitative estimate of drug-likeness (QED) is 0.788. The van der Waals surface area contributed by atoms with Crippen LogP contribution in [0.4, 0.5) is 5.69 Å². The Labute approximate surface area is 114 Å². The van der Waals surface area contributed by atoms with Crippen LogP contribution in [0.2, 0.25) is 0 Å². The third-order valence-corrected chi connectivity index (χ3v) is 4.67. The molecule has 2 heterocycles. The number of rotatable bonds is 1. The minimum absolute atomic E-state index is 0.349. The van der Waals surface area contributed by atoms with Gasteiger partial charge in [0.15, 0.2) is 0 Å². The maximum Gasteiger partial charge on any atom is 0.126 e. The second-order valence-corrected chi connectivity index (χ2v) is 5.90. The predicted molar refractivity (Wildman–Crippen MR) is 75.0 cm³/mol. The molecule has 0 spiro atoms. The molecule has 0 saturated carbocycles. The van der Waals surface area contributed by atoms with Crippen LogP contribution in [0.5, 0.6) is 5.75 Å². The summed E-state index contributed by atoms with van der Waals surface area (Å²) in [7, 11) is 3.85. The highest BCUT2D eigenvalue weighted by atomic mass is 16.5. The zero-order chi connectivity index (χ0) is 13.6. The smallest absolute Gasteiger partial charge is 0.126 e. The second kappa shape index (κ2) is 4.39. The molecule has 0 aliphatic carbocycles. The largest absolute Gasteiger partial charge is 0.493 e. The number of nitrogens with zero attached hydrogens (tertiary/aromatic N) is 2. The van der Waals surface area contributed by atoms with E-state index in [9.17, 15) is 5.21 Å². The molecule has 19 heavy (non-hydrogen) atoms. The van der Waals surface area contributed by atoms with Gasteiger partial charge in [-0.25, -0.2) is 0 Å². The third kappa shape index (κ3) is 1.90. The van der Waals surface area contributed by atoms with Crippen LogP contribution in [0, 0.1) is 0 Å². The van der Waals surface area contributed by atoms with Gasteiger partial charge >= 0.3 is 0 Å². The zero-order valence-corrected chi connectivity index (χ0v) is 11.9. The lowest BCUT2D eigenvalue weighted by Crippen LogP contribution is -2.43. The maximum atomic E-state index is 10.0. The van der Waals surface area contributed by atoms with Gasteiger partial charge in [-0.05, 0) is 31.4 Å². The predicted octanol–water partition coefficient (Wildman–Crippen LogP) is 2.39. The Morgan fingerprint density at radius 1 is 1.42 bits per heavy atom. The number of ether oxygens (including phenoxy) is 1. The summed E-state index contributed by atoms with van der Waals surface area (Å²) in [5.41, 5.74) is 3.40. The Hall–Kier alpha value is -1.26. The normalized spacial score (nSPS) is 25.8. The molecule has 0 radical (unpaired) electrons. The van der Waals surface area contributed by atoms with Gasteiger partial charge in [0.2, 0.25) is 0 Å². The fourth-order valence-corrected chi connectivity index (χ4v) is 3.17. The van der Waals surface area contributed by atoms with Crippen LogP contribution < -0.4 is 9.64 Å². The molecule has 2 aliphatic heterocycles. The highest BCUT2D eigenvalue weighted by molar-refractivity contribution is 5.62. The van der Waals surface area contributed by atoms with Crippen LogP contribution >= 0.6 is 0 Å². The van der Waals surface area contributed by atoms with Gasteiger partial charge in [0.25, 0.3) is 0 Å². The lowest BCUT2D eigenvalue weighted by molar-refractivity contribution is -0.160. The van der Waals surface area contributed by atoms with E-state index in [0.717, 1.165) is 30.7 Å². The van der Waals surface area contributed by atoms with Gasteiger partial charge < -0.3 is 14.8 Å². The number of benzene rings is 1. The molecule has 4 nitrogen and oxygen atoms in total.